The number of hydrogen-bond acceptors (Lipinski definition) is 8. The number of anilines is 1. The molecule has 4 aromatic rings. The average Bonchev–Trinajstić information content (AvgIpc) is 3.28. The Hall–Kier alpha value is -3.87. The van der Waals surface area contributed by atoms with E-state index in [0.717, 1.165) is 6.07 Å². The molecule has 35 heavy (non-hydrogen) atoms. The Bertz CT molecular complexity index is 1410. The second-order valence-corrected chi connectivity index (χ2v) is 8.29. The minimum absolute atomic E-state index is 0.0299. The highest BCUT2D eigenvalue weighted by atomic mass is 19.4. The zero-order valence-electron chi connectivity index (χ0n) is 18.7. The summed E-state index contributed by atoms with van der Waals surface area (Å²) in [7, 11) is 1.48. The highest BCUT2D eigenvalue weighted by Gasteiger charge is 2.34. The lowest BCUT2D eigenvalue weighted by Gasteiger charge is -2.32. The number of likely N-dealkylation sites (tertiary alicyclic amines) is 1. The van der Waals surface area contributed by atoms with Crippen LogP contribution < -0.4 is 5.73 Å². The van der Waals surface area contributed by atoms with E-state index in [1.54, 1.807) is 27.9 Å². The Kier molecular flexibility index (Phi) is 5.71. The summed E-state index contributed by atoms with van der Waals surface area (Å²) in [5.41, 5.74) is 7.06. The smallest absolute Gasteiger partial charge is 0.383 e. The van der Waals surface area contributed by atoms with E-state index in [1.165, 1.54) is 13.3 Å². The molecule has 10 nitrogen and oxygen atoms in total. The second-order valence-electron chi connectivity index (χ2n) is 8.29. The summed E-state index contributed by atoms with van der Waals surface area (Å²) in [5, 5.41) is 8.54. The number of pyridine rings is 3. The van der Waals surface area contributed by atoms with E-state index in [1.807, 2.05) is 0 Å². The molecule has 0 radical (unpaired) electrons. The lowest BCUT2D eigenvalue weighted by molar-refractivity contribution is -0.137. The SMILES string of the molecule is COCC(=O)N1CCC(n2nnc3cnc4ccc(-c5cnc(N)c(C(F)(F)F)c5)nc4c32)CC1. The van der Waals surface area contributed by atoms with Gasteiger partial charge in [-0.3, -0.25) is 9.78 Å². The number of carbonyl (C=O) groups is 1. The predicted molar refractivity (Wildman–Crippen MR) is 120 cm³/mol. The monoisotopic (exact) mass is 486 g/mol. The van der Waals surface area contributed by atoms with Crippen molar-refractivity contribution in [1.82, 2.24) is 34.8 Å². The van der Waals surface area contributed by atoms with Crippen LogP contribution in [-0.2, 0) is 15.7 Å². The van der Waals surface area contributed by atoms with Gasteiger partial charge in [-0.15, -0.1) is 5.10 Å². The minimum atomic E-state index is -4.64. The molecule has 5 heterocycles. The van der Waals surface area contributed by atoms with Crippen molar-refractivity contribution in [2.45, 2.75) is 25.1 Å². The first-order valence-electron chi connectivity index (χ1n) is 10.9. The van der Waals surface area contributed by atoms with Crippen LogP contribution in [0.4, 0.5) is 19.0 Å². The van der Waals surface area contributed by atoms with Gasteiger partial charge in [-0.1, -0.05) is 5.21 Å². The van der Waals surface area contributed by atoms with Crippen molar-refractivity contribution in [2.24, 2.45) is 0 Å². The Labute approximate surface area is 196 Å². The number of halogens is 3. The summed E-state index contributed by atoms with van der Waals surface area (Å²) in [5.74, 6) is -0.658. The van der Waals surface area contributed by atoms with Crippen molar-refractivity contribution in [1.29, 1.82) is 0 Å². The Morgan fingerprint density at radius 3 is 2.66 bits per heavy atom. The molecule has 1 aliphatic heterocycles. The molecule has 1 aliphatic rings. The van der Waals surface area contributed by atoms with Crippen LogP contribution in [0.5, 0.6) is 0 Å². The van der Waals surface area contributed by atoms with Gasteiger partial charge in [0, 0.05) is 32.0 Å². The third kappa shape index (κ3) is 4.22. The summed E-state index contributed by atoms with van der Waals surface area (Å²) in [6.07, 6.45) is -0.468. The van der Waals surface area contributed by atoms with Gasteiger partial charge in [0.1, 0.15) is 29.0 Å². The number of aromatic nitrogens is 6. The van der Waals surface area contributed by atoms with Crippen molar-refractivity contribution in [3.63, 3.8) is 0 Å². The van der Waals surface area contributed by atoms with E-state index in [0.29, 0.717) is 48.0 Å². The summed E-state index contributed by atoms with van der Waals surface area (Å²) in [6, 6.07) is 4.18. The maximum Gasteiger partial charge on any atom is 0.419 e. The lowest BCUT2D eigenvalue weighted by Crippen LogP contribution is -2.40. The van der Waals surface area contributed by atoms with E-state index in [4.69, 9.17) is 10.5 Å². The van der Waals surface area contributed by atoms with Gasteiger partial charge in [0.15, 0.2) is 0 Å². The fraction of sp³-hybridized carbons (Fsp3) is 0.364. The maximum absolute atomic E-state index is 13.3. The van der Waals surface area contributed by atoms with E-state index < -0.39 is 17.6 Å². The number of hydrogen-bond donors (Lipinski definition) is 1. The molecule has 182 valence electrons. The third-order valence-electron chi connectivity index (χ3n) is 6.10. The number of nitrogen functional groups attached to an aromatic ring is 1. The van der Waals surface area contributed by atoms with Crippen molar-refractivity contribution in [3.05, 3.63) is 36.2 Å². The molecule has 1 saturated heterocycles. The molecule has 0 aromatic carbocycles. The van der Waals surface area contributed by atoms with Crippen molar-refractivity contribution < 1.29 is 22.7 Å². The first-order chi connectivity index (χ1) is 16.8. The van der Waals surface area contributed by atoms with Crippen LogP contribution in [0, 0.1) is 0 Å². The van der Waals surface area contributed by atoms with Gasteiger partial charge in [-0.05, 0) is 31.0 Å². The number of fused-ring (bicyclic) bond motifs is 3. The highest BCUT2D eigenvalue weighted by molar-refractivity contribution is 5.99. The van der Waals surface area contributed by atoms with Crippen LogP contribution in [0.2, 0.25) is 0 Å². The molecule has 0 spiro atoms. The maximum atomic E-state index is 13.3. The Morgan fingerprint density at radius 1 is 1.17 bits per heavy atom. The molecule has 0 aliphatic carbocycles. The minimum Gasteiger partial charge on any atom is -0.383 e. The molecular weight excluding hydrogens is 465 g/mol. The van der Waals surface area contributed by atoms with Crippen molar-refractivity contribution in [3.8, 4) is 11.3 Å². The molecule has 13 heteroatoms. The number of nitrogens with two attached hydrogens (primary N) is 1. The third-order valence-corrected chi connectivity index (χ3v) is 6.10. The Morgan fingerprint density at radius 2 is 1.94 bits per heavy atom. The predicted octanol–water partition coefficient (Wildman–Crippen LogP) is 2.85. The topological polar surface area (TPSA) is 125 Å². The van der Waals surface area contributed by atoms with Gasteiger partial charge in [0.2, 0.25) is 5.91 Å². The number of alkyl halides is 3. The van der Waals surface area contributed by atoms with Gasteiger partial charge in [-0.2, -0.15) is 13.2 Å². The second kappa shape index (κ2) is 8.73. The number of nitrogens with zero attached hydrogens (tertiary/aromatic N) is 7. The van der Waals surface area contributed by atoms with Gasteiger partial charge in [-0.25, -0.2) is 14.6 Å². The molecular formula is C22H21F3N8O2. The number of methoxy groups -OCH3 is 1. The molecule has 0 saturated carbocycles. The zero-order valence-corrected chi connectivity index (χ0v) is 18.7. The number of amides is 1. The first-order valence-corrected chi connectivity index (χ1v) is 10.9. The molecule has 1 amide bonds. The van der Waals surface area contributed by atoms with E-state index in [9.17, 15) is 18.0 Å². The van der Waals surface area contributed by atoms with E-state index in [-0.39, 0.29) is 29.8 Å². The number of piperidine rings is 1. The molecule has 2 N–H and O–H groups in total. The molecule has 0 unspecified atom stereocenters. The molecule has 1 fully saturated rings. The standard InChI is InChI=1S/C22H21F3N8O2/c1-35-11-18(34)32-6-4-13(5-7-32)33-20-17(30-31-33)10-27-16-3-2-15(29-19(16)20)12-8-14(22(23,24)25)21(26)28-9-12/h2-3,8-10,13H,4-7,11H2,1H3,(H2,26,28). The summed E-state index contributed by atoms with van der Waals surface area (Å²) in [4.78, 5) is 26.6. The van der Waals surface area contributed by atoms with Crippen LogP contribution in [0.3, 0.4) is 0 Å². The van der Waals surface area contributed by atoms with Gasteiger partial charge < -0.3 is 15.4 Å². The number of ether oxygens (including phenoxy) is 1. The normalized spacial score (nSPS) is 15.3. The number of carbonyl (C=O) groups excluding carboxylic acids is 1. The summed E-state index contributed by atoms with van der Waals surface area (Å²) in [6.45, 7) is 1.14. The lowest BCUT2D eigenvalue weighted by atomic mass is 10.0. The number of rotatable bonds is 4. The Balaban J connectivity index is 1.54. The largest absolute Gasteiger partial charge is 0.419 e. The molecule has 4 aromatic heterocycles. The molecule has 0 bridgehead atoms. The van der Waals surface area contributed by atoms with Gasteiger partial charge >= 0.3 is 6.18 Å². The van der Waals surface area contributed by atoms with Crippen LogP contribution in [0.25, 0.3) is 33.3 Å². The molecule has 5 rings (SSSR count). The fourth-order valence-corrected chi connectivity index (χ4v) is 4.32. The highest BCUT2D eigenvalue weighted by Crippen LogP contribution is 2.35. The van der Waals surface area contributed by atoms with Gasteiger partial charge in [0.25, 0.3) is 0 Å². The van der Waals surface area contributed by atoms with E-state index >= 15 is 0 Å². The first kappa shape index (κ1) is 22.9. The summed E-state index contributed by atoms with van der Waals surface area (Å²) < 4.78 is 46.7. The van der Waals surface area contributed by atoms with Crippen LogP contribution in [0.15, 0.2) is 30.6 Å². The fourth-order valence-electron chi connectivity index (χ4n) is 4.32. The average molecular weight is 486 g/mol. The summed E-state index contributed by atoms with van der Waals surface area (Å²) >= 11 is 0. The zero-order chi connectivity index (χ0) is 24.7. The van der Waals surface area contributed by atoms with Crippen LogP contribution >= 0.6 is 0 Å². The molecule has 0 atom stereocenters. The van der Waals surface area contributed by atoms with Crippen molar-refractivity contribution >= 4 is 33.8 Å². The van der Waals surface area contributed by atoms with Crippen molar-refractivity contribution in [2.75, 3.05) is 32.5 Å². The van der Waals surface area contributed by atoms with Crippen LogP contribution in [0.1, 0.15) is 24.4 Å². The van der Waals surface area contributed by atoms with Gasteiger partial charge in [0.05, 0.1) is 29.0 Å². The van der Waals surface area contributed by atoms with E-state index in [2.05, 4.69) is 25.3 Å². The quantitative estimate of drug-likeness (QED) is 0.467. The van der Waals surface area contributed by atoms with Crippen LogP contribution in [-0.4, -0.2) is 67.6 Å².